The normalized spacial score (nSPS) is 11.0. The van der Waals surface area contributed by atoms with Gasteiger partial charge in [-0.2, -0.15) is 0 Å². The molecule has 1 aromatic carbocycles. The van der Waals surface area contributed by atoms with Crippen LogP contribution in [-0.2, 0) is 6.42 Å². The predicted octanol–water partition coefficient (Wildman–Crippen LogP) is 9.45. The molecule has 0 fully saturated rings. The number of hydrogen-bond donors (Lipinski definition) is 3. The lowest BCUT2D eigenvalue weighted by Gasteiger charge is -2.08. The molecule has 36 heavy (non-hydrogen) atoms. The molecule has 0 saturated carbocycles. The molecule has 3 N–H and O–H groups in total. The third kappa shape index (κ3) is 21.6. The summed E-state index contributed by atoms with van der Waals surface area (Å²) in [5.41, 5.74) is 1.18. The van der Waals surface area contributed by atoms with E-state index < -0.39 is 0 Å². The number of phenolic OH excluding ortho intramolecular Hbond substituents is 1. The Hall–Kier alpha value is -1.71. The van der Waals surface area contributed by atoms with Crippen LogP contribution in [0.3, 0.4) is 0 Å². The molecule has 4 heteroatoms. The summed E-state index contributed by atoms with van der Waals surface area (Å²) in [6, 6.07) is 7.20. The number of carbonyl (C=O) groups is 1. The van der Waals surface area contributed by atoms with Crippen LogP contribution in [0.1, 0.15) is 147 Å². The van der Waals surface area contributed by atoms with Gasteiger partial charge in [-0.3, -0.25) is 0 Å². The van der Waals surface area contributed by atoms with Gasteiger partial charge in [-0.05, 0) is 37.0 Å². The van der Waals surface area contributed by atoms with Crippen LogP contribution in [0.25, 0.3) is 0 Å². The average Bonchev–Trinajstić information content (AvgIpc) is 2.88. The molecule has 0 unspecified atom stereocenters. The fraction of sp³-hybridized carbons (Fsp3) is 0.781. The number of benzene rings is 1. The summed E-state index contributed by atoms with van der Waals surface area (Å²) in [6.45, 7) is 3.73. The highest BCUT2D eigenvalue weighted by atomic mass is 16.3. The average molecular weight is 503 g/mol. The van der Waals surface area contributed by atoms with Crippen molar-refractivity contribution in [3.63, 3.8) is 0 Å². The summed E-state index contributed by atoms with van der Waals surface area (Å²) in [5.74, 6) is 0.293. The second kappa shape index (κ2) is 25.0. The van der Waals surface area contributed by atoms with E-state index >= 15 is 0 Å². The van der Waals surface area contributed by atoms with Crippen LogP contribution in [0.2, 0.25) is 0 Å². The molecular formula is C32H58N2O2. The van der Waals surface area contributed by atoms with E-state index in [1.807, 2.05) is 12.1 Å². The summed E-state index contributed by atoms with van der Waals surface area (Å²) in [4.78, 5) is 11.8. The first-order chi connectivity index (χ1) is 17.7. The molecule has 0 radical (unpaired) electrons. The summed E-state index contributed by atoms with van der Waals surface area (Å²) < 4.78 is 0. The van der Waals surface area contributed by atoms with E-state index in [4.69, 9.17) is 0 Å². The first kappa shape index (κ1) is 32.3. The van der Waals surface area contributed by atoms with Crippen LogP contribution < -0.4 is 10.6 Å². The molecule has 2 amide bonds. The molecule has 0 aliphatic heterocycles. The van der Waals surface area contributed by atoms with Crippen LogP contribution in [0.15, 0.2) is 24.3 Å². The minimum Gasteiger partial charge on any atom is -0.508 e. The van der Waals surface area contributed by atoms with Crippen molar-refractivity contribution in [2.45, 2.75) is 148 Å². The number of nitrogens with one attached hydrogen (secondary N) is 2. The fourth-order valence-corrected chi connectivity index (χ4v) is 4.80. The van der Waals surface area contributed by atoms with E-state index in [9.17, 15) is 9.90 Å². The second-order valence-corrected chi connectivity index (χ2v) is 10.7. The number of phenols is 1. The van der Waals surface area contributed by atoms with Crippen LogP contribution in [-0.4, -0.2) is 24.2 Å². The van der Waals surface area contributed by atoms with Gasteiger partial charge in [-0.25, -0.2) is 4.79 Å². The van der Waals surface area contributed by atoms with Crippen molar-refractivity contribution in [3.05, 3.63) is 29.8 Å². The molecule has 1 aromatic rings. The molecule has 0 aliphatic carbocycles. The van der Waals surface area contributed by atoms with E-state index in [0.29, 0.717) is 12.3 Å². The molecule has 0 aromatic heterocycles. The molecular weight excluding hydrogens is 444 g/mol. The number of urea groups is 1. The predicted molar refractivity (Wildman–Crippen MR) is 156 cm³/mol. The highest BCUT2D eigenvalue weighted by molar-refractivity contribution is 5.73. The highest BCUT2D eigenvalue weighted by Crippen LogP contribution is 2.15. The second-order valence-electron chi connectivity index (χ2n) is 10.7. The van der Waals surface area contributed by atoms with Crippen molar-refractivity contribution in [1.82, 2.24) is 10.6 Å². The minimum absolute atomic E-state index is 0.0569. The van der Waals surface area contributed by atoms with E-state index in [-0.39, 0.29) is 6.03 Å². The monoisotopic (exact) mass is 502 g/mol. The maximum atomic E-state index is 11.8. The van der Waals surface area contributed by atoms with Crippen molar-refractivity contribution in [2.75, 3.05) is 13.1 Å². The summed E-state index contributed by atoms with van der Waals surface area (Å²) in [7, 11) is 0. The van der Waals surface area contributed by atoms with Gasteiger partial charge >= 0.3 is 6.03 Å². The zero-order valence-corrected chi connectivity index (χ0v) is 23.6. The van der Waals surface area contributed by atoms with Crippen molar-refractivity contribution < 1.29 is 9.90 Å². The van der Waals surface area contributed by atoms with Gasteiger partial charge in [-0.15, -0.1) is 0 Å². The van der Waals surface area contributed by atoms with Crippen LogP contribution in [0, 0.1) is 0 Å². The first-order valence-corrected chi connectivity index (χ1v) is 15.5. The Morgan fingerprint density at radius 3 is 1.33 bits per heavy atom. The molecule has 4 nitrogen and oxygen atoms in total. The number of aryl methyl sites for hydroxylation is 1. The molecule has 0 spiro atoms. The summed E-state index contributed by atoms with van der Waals surface area (Å²) in [5, 5.41) is 15.2. The van der Waals surface area contributed by atoms with E-state index in [0.717, 1.165) is 25.8 Å². The minimum atomic E-state index is -0.0569. The maximum absolute atomic E-state index is 11.8. The third-order valence-electron chi connectivity index (χ3n) is 7.18. The number of rotatable bonds is 25. The Morgan fingerprint density at radius 1 is 0.556 bits per heavy atom. The number of amides is 2. The van der Waals surface area contributed by atoms with Crippen LogP contribution in [0.5, 0.6) is 5.75 Å². The molecule has 0 heterocycles. The van der Waals surface area contributed by atoms with E-state index in [2.05, 4.69) is 17.6 Å². The molecule has 0 saturated heterocycles. The molecule has 0 atom stereocenters. The summed E-state index contributed by atoms with van der Waals surface area (Å²) >= 11 is 0. The number of carbonyl (C=O) groups excluding carboxylic acids is 1. The van der Waals surface area contributed by atoms with Gasteiger partial charge < -0.3 is 15.7 Å². The standard InChI is InChI=1S/C32H58N2O2/c1-2-3-4-5-6-7-8-9-10-11-12-13-14-15-16-17-18-19-20-21-28-33-32(36)34-29-22-23-30-24-26-31(35)27-25-30/h24-27,35H,2-23,28-29H2,1H3,(H2,33,34,36). The van der Waals surface area contributed by atoms with Gasteiger partial charge in [0.25, 0.3) is 0 Å². The third-order valence-corrected chi connectivity index (χ3v) is 7.18. The lowest BCUT2D eigenvalue weighted by Crippen LogP contribution is -2.36. The van der Waals surface area contributed by atoms with Crippen LogP contribution >= 0.6 is 0 Å². The lowest BCUT2D eigenvalue weighted by atomic mass is 10.0. The van der Waals surface area contributed by atoms with Crippen molar-refractivity contribution in [3.8, 4) is 5.75 Å². The molecule has 0 aliphatic rings. The van der Waals surface area contributed by atoms with Gasteiger partial charge in [0.05, 0.1) is 0 Å². The Labute approximate surface area is 223 Å². The molecule has 1 rings (SSSR count). The quantitative estimate of drug-likeness (QED) is 0.117. The maximum Gasteiger partial charge on any atom is 0.314 e. The van der Waals surface area contributed by atoms with E-state index in [1.54, 1.807) is 12.1 Å². The van der Waals surface area contributed by atoms with Gasteiger partial charge in [0.2, 0.25) is 0 Å². The topological polar surface area (TPSA) is 61.4 Å². The Kier molecular flexibility index (Phi) is 22.4. The summed E-state index contributed by atoms with van der Waals surface area (Å²) in [6.07, 6.45) is 29.6. The van der Waals surface area contributed by atoms with E-state index in [1.165, 1.54) is 128 Å². The Morgan fingerprint density at radius 2 is 0.917 bits per heavy atom. The van der Waals surface area contributed by atoms with Crippen molar-refractivity contribution in [2.24, 2.45) is 0 Å². The zero-order chi connectivity index (χ0) is 25.9. The van der Waals surface area contributed by atoms with Crippen molar-refractivity contribution >= 4 is 6.03 Å². The lowest BCUT2D eigenvalue weighted by molar-refractivity contribution is 0.240. The van der Waals surface area contributed by atoms with Gasteiger partial charge in [-0.1, -0.05) is 141 Å². The Balaban J connectivity index is 1.71. The number of unbranched alkanes of at least 4 members (excludes halogenated alkanes) is 19. The number of aromatic hydroxyl groups is 1. The first-order valence-electron chi connectivity index (χ1n) is 15.5. The molecule has 0 bridgehead atoms. The number of hydrogen-bond acceptors (Lipinski definition) is 2. The molecule has 208 valence electrons. The zero-order valence-electron chi connectivity index (χ0n) is 23.6. The van der Waals surface area contributed by atoms with Crippen LogP contribution in [0.4, 0.5) is 4.79 Å². The highest BCUT2D eigenvalue weighted by Gasteiger charge is 2.00. The fourth-order valence-electron chi connectivity index (χ4n) is 4.80. The SMILES string of the molecule is CCCCCCCCCCCCCCCCCCCCCCNC(=O)NCCCc1ccc(O)cc1. The largest absolute Gasteiger partial charge is 0.508 e. The van der Waals surface area contributed by atoms with Crippen molar-refractivity contribution in [1.29, 1.82) is 0 Å². The van der Waals surface area contributed by atoms with Gasteiger partial charge in [0, 0.05) is 13.1 Å². The Bertz CT molecular complexity index is 603. The van der Waals surface area contributed by atoms with Gasteiger partial charge in [0.1, 0.15) is 5.75 Å². The van der Waals surface area contributed by atoms with Gasteiger partial charge in [0.15, 0.2) is 0 Å². The smallest absolute Gasteiger partial charge is 0.314 e.